The van der Waals surface area contributed by atoms with Crippen molar-refractivity contribution in [3.05, 3.63) is 76.9 Å². The molecule has 3 N–H and O–H groups in total. The summed E-state index contributed by atoms with van der Waals surface area (Å²) in [6, 6.07) is 10.6. The van der Waals surface area contributed by atoms with Crippen molar-refractivity contribution >= 4 is 29.1 Å². The second-order valence-corrected chi connectivity index (χ2v) is 8.54. The monoisotopic (exact) mass is 471 g/mol. The van der Waals surface area contributed by atoms with Crippen molar-refractivity contribution < 1.29 is 14.0 Å². The quantitative estimate of drug-likeness (QED) is 0.486. The molecule has 0 aliphatic carbocycles. The fourth-order valence-electron chi connectivity index (χ4n) is 4.50. The highest BCUT2D eigenvalue weighted by Gasteiger charge is 2.43. The SMILES string of the molecule is Cc1cncc(Nc2nc(NC3CCNCC3N3C(=O)c4ccccc4C3=O)c(F)cc2C#N)c1. The molecule has 10 heteroatoms. The van der Waals surface area contributed by atoms with Crippen molar-refractivity contribution in [1.29, 1.82) is 5.26 Å². The molecule has 2 atom stereocenters. The molecule has 2 aromatic heterocycles. The summed E-state index contributed by atoms with van der Waals surface area (Å²) in [4.78, 5) is 35.8. The van der Waals surface area contributed by atoms with Crippen LogP contribution in [-0.4, -0.2) is 51.9 Å². The Morgan fingerprint density at radius 3 is 2.57 bits per heavy atom. The fraction of sp³-hybridized carbons (Fsp3) is 0.240. The van der Waals surface area contributed by atoms with Gasteiger partial charge in [0.2, 0.25) is 0 Å². The third-order valence-corrected chi connectivity index (χ3v) is 6.16. The van der Waals surface area contributed by atoms with Crippen LogP contribution in [0.25, 0.3) is 0 Å². The van der Waals surface area contributed by atoms with Gasteiger partial charge < -0.3 is 16.0 Å². The molecule has 1 saturated heterocycles. The van der Waals surface area contributed by atoms with E-state index in [0.29, 0.717) is 36.3 Å². The van der Waals surface area contributed by atoms with Gasteiger partial charge in [-0.15, -0.1) is 0 Å². The summed E-state index contributed by atoms with van der Waals surface area (Å²) >= 11 is 0. The molecule has 0 bridgehead atoms. The number of aryl methyl sites for hydroxylation is 1. The van der Waals surface area contributed by atoms with E-state index in [-0.39, 0.29) is 29.0 Å². The van der Waals surface area contributed by atoms with E-state index in [1.807, 2.05) is 19.1 Å². The molecule has 0 radical (unpaired) electrons. The summed E-state index contributed by atoms with van der Waals surface area (Å²) in [7, 11) is 0. The third-order valence-electron chi connectivity index (χ3n) is 6.16. The molecule has 2 aliphatic heterocycles. The Hall–Kier alpha value is -4.36. The highest BCUT2D eigenvalue weighted by Crippen LogP contribution is 2.29. The Morgan fingerprint density at radius 1 is 1.14 bits per heavy atom. The number of benzene rings is 1. The molecule has 9 nitrogen and oxygen atoms in total. The minimum Gasteiger partial charge on any atom is -0.363 e. The second-order valence-electron chi connectivity index (χ2n) is 8.54. The Morgan fingerprint density at radius 2 is 1.89 bits per heavy atom. The summed E-state index contributed by atoms with van der Waals surface area (Å²) in [5.74, 6) is -1.33. The van der Waals surface area contributed by atoms with E-state index in [1.54, 1.807) is 36.7 Å². The van der Waals surface area contributed by atoms with Crippen LogP contribution in [0.4, 0.5) is 21.7 Å². The van der Waals surface area contributed by atoms with E-state index >= 15 is 0 Å². The average Bonchev–Trinajstić information content (AvgIpc) is 3.11. The zero-order chi connectivity index (χ0) is 24.5. The van der Waals surface area contributed by atoms with E-state index in [2.05, 4.69) is 25.9 Å². The number of imide groups is 1. The molecule has 176 valence electrons. The molecule has 1 fully saturated rings. The van der Waals surface area contributed by atoms with Crippen LogP contribution in [0, 0.1) is 24.1 Å². The van der Waals surface area contributed by atoms with Gasteiger partial charge >= 0.3 is 0 Å². The Balaban J connectivity index is 1.44. The van der Waals surface area contributed by atoms with Crippen molar-refractivity contribution in [1.82, 2.24) is 20.2 Å². The molecule has 0 spiro atoms. The molecule has 5 rings (SSSR count). The number of carbonyl (C=O) groups is 2. The number of hydrogen-bond acceptors (Lipinski definition) is 8. The van der Waals surface area contributed by atoms with Crippen molar-refractivity contribution in [2.24, 2.45) is 0 Å². The third kappa shape index (κ3) is 4.18. The van der Waals surface area contributed by atoms with Gasteiger partial charge in [-0.05, 0) is 49.7 Å². The van der Waals surface area contributed by atoms with Crippen LogP contribution in [-0.2, 0) is 0 Å². The minimum atomic E-state index is -0.700. The molecule has 0 saturated carbocycles. The maximum absolute atomic E-state index is 15.0. The van der Waals surface area contributed by atoms with Crippen molar-refractivity contribution in [2.45, 2.75) is 25.4 Å². The average molecular weight is 471 g/mol. The van der Waals surface area contributed by atoms with E-state index in [4.69, 9.17) is 0 Å². The van der Waals surface area contributed by atoms with Crippen LogP contribution in [0.2, 0.25) is 0 Å². The lowest BCUT2D eigenvalue weighted by Crippen LogP contribution is -2.58. The van der Waals surface area contributed by atoms with Gasteiger partial charge in [0.25, 0.3) is 11.8 Å². The highest BCUT2D eigenvalue weighted by atomic mass is 19.1. The van der Waals surface area contributed by atoms with Crippen LogP contribution in [0.3, 0.4) is 0 Å². The summed E-state index contributed by atoms with van der Waals surface area (Å²) < 4.78 is 15.0. The summed E-state index contributed by atoms with van der Waals surface area (Å²) in [5.41, 5.74) is 2.28. The Bertz CT molecular complexity index is 1340. The lowest BCUT2D eigenvalue weighted by atomic mass is 9.99. The summed E-state index contributed by atoms with van der Waals surface area (Å²) in [6.07, 6.45) is 3.80. The topological polar surface area (TPSA) is 123 Å². The number of piperidine rings is 1. The van der Waals surface area contributed by atoms with Crippen LogP contribution in [0.15, 0.2) is 48.8 Å². The van der Waals surface area contributed by atoms with E-state index in [0.717, 1.165) is 11.6 Å². The van der Waals surface area contributed by atoms with Crippen molar-refractivity contribution in [3.63, 3.8) is 0 Å². The first kappa shape index (κ1) is 22.4. The molecule has 4 heterocycles. The van der Waals surface area contributed by atoms with Gasteiger partial charge in [-0.2, -0.15) is 5.26 Å². The molecule has 3 aromatic rings. The standard InChI is InChI=1S/C25H22FN7O2/c1-14-8-16(12-29-11-14)30-22-15(10-27)9-19(26)23(32-22)31-20-6-7-28-13-21(20)33-24(34)17-4-2-3-5-18(17)25(33)35/h2-5,8-9,11-12,20-21,28H,6-7,13H2,1H3,(H2,30,31,32). The molecule has 2 unspecified atom stereocenters. The number of hydrogen-bond donors (Lipinski definition) is 3. The number of aromatic nitrogens is 2. The van der Waals surface area contributed by atoms with Crippen LogP contribution in [0.5, 0.6) is 0 Å². The first-order valence-corrected chi connectivity index (χ1v) is 11.2. The number of carbonyl (C=O) groups excluding carboxylic acids is 2. The number of pyridine rings is 2. The molecule has 2 amide bonds. The summed E-state index contributed by atoms with van der Waals surface area (Å²) in [6.45, 7) is 2.86. The van der Waals surface area contributed by atoms with Crippen molar-refractivity contribution in [3.8, 4) is 6.07 Å². The Kier molecular flexibility index (Phi) is 5.84. The number of nitrogens with zero attached hydrogens (tertiary/aromatic N) is 4. The lowest BCUT2D eigenvalue weighted by Gasteiger charge is -2.37. The maximum atomic E-state index is 15.0. The molecule has 2 aliphatic rings. The molecular formula is C25H22FN7O2. The Labute approximate surface area is 201 Å². The number of amides is 2. The largest absolute Gasteiger partial charge is 0.363 e. The van der Waals surface area contributed by atoms with Crippen LogP contribution < -0.4 is 16.0 Å². The van der Waals surface area contributed by atoms with E-state index in [9.17, 15) is 19.2 Å². The zero-order valence-corrected chi connectivity index (χ0v) is 18.9. The predicted molar refractivity (Wildman–Crippen MR) is 127 cm³/mol. The van der Waals surface area contributed by atoms with Crippen LogP contribution >= 0.6 is 0 Å². The van der Waals surface area contributed by atoms with E-state index < -0.39 is 17.9 Å². The number of fused-ring (bicyclic) bond motifs is 1. The van der Waals surface area contributed by atoms with E-state index in [1.165, 1.54) is 4.90 Å². The highest BCUT2D eigenvalue weighted by molar-refractivity contribution is 6.21. The normalized spacial score (nSPS) is 19.3. The minimum absolute atomic E-state index is 0.0387. The molecule has 1 aromatic carbocycles. The van der Waals surface area contributed by atoms with Gasteiger partial charge in [0.1, 0.15) is 6.07 Å². The number of halogens is 1. The smallest absolute Gasteiger partial charge is 0.261 e. The molecule has 35 heavy (non-hydrogen) atoms. The number of rotatable bonds is 5. The summed E-state index contributed by atoms with van der Waals surface area (Å²) in [5, 5.41) is 18.8. The number of nitriles is 1. The van der Waals surface area contributed by atoms with Gasteiger partial charge in [0.15, 0.2) is 17.5 Å². The van der Waals surface area contributed by atoms with Gasteiger partial charge in [-0.25, -0.2) is 9.37 Å². The predicted octanol–water partition coefficient (Wildman–Crippen LogP) is 2.98. The van der Waals surface area contributed by atoms with Gasteiger partial charge in [-0.3, -0.25) is 19.5 Å². The van der Waals surface area contributed by atoms with Gasteiger partial charge in [0.05, 0.1) is 40.7 Å². The zero-order valence-electron chi connectivity index (χ0n) is 18.9. The van der Waals surface area contributed by atoms with Crippen molar-refractivity contribution in [2.75, 3.05) is 23.7 Å². The first-order chi connectivity index (χ1) is 17.0. The second kappa shape index (κ2) is 9.12. The fourth-order valence-corrected chi connectivity index (χ4v) is 4.50. The van der Waals surface area contributed by atoms with Gasteiger partial charge in [0, 0.05) is 12.7 Å². The molecular weight excluding hydrogens is 449 g/mol. The number of anilines is 3. The van der Waals surface area contributed by atoms with Crippen LogP contribution in [0.1, 0.15) is 38.3 Å². The first-order valence-electron chi connectivity index (χ1n) is 11.2. The maximum Gasteiger partial charge on any atom is 0.261 e. The van der Waals surface area contributed by atoms with Gasteiger partial charge in [-0.1, -0.05) is 12.1 Å². The number of nitrogens with one attached hydrogen (secondary N) is 3. The lowest BCUT2D eigenvalue weighted by molar-refractivity contribution is 0.0547.